The second-order valence-electron chi connectivity index (χ2n) is 3.16. The molecule has 2 heterocycles. The molecule has 2 rings (SSSR count). The van der Waals surface area contributed by atoms with Gasteiger partial charge in [0.25, 0.3) is 0 Å². The number of aliphatic imine (C=N–C) groups is 1. The van der Waals surface area contributed by atoms with E-state index in [1.54, 1.807) is 4.90 Å². The molecule has 2 aliphatic rings. The molecule has 0 spiro atoms. The summed E-state index contributed by atoms with van der Waals surface area (Å²) >= 11 is 5.90. The van der Waals surface area contributed by atoms with Crippen LogP contribution >= 0.6 is 36.4 Å². The number of halogens is 4. The van der Waals surface area contributed by atoms with E-state index in [0.717, 1.165) is 25.6 Å². The third kappa shape index (κ3) is 3.48. The molecule has 88 valence electrons. The second kappa shape index (κ2) is 6.53. The summed E-state index contributed by atoms with van der Waals surface area (Å²) in [6.45, 7) is 0.962. The molecule has 15 heavy (non-hydrogen) atoms. The molecule has 2 aliphatic heterocycles. The Labute approximate surface area is 106 Å². The predicted octanol–water partition coefficient (Wildman–Crippen LogP) is 2.26. The summed E-state index contributed by atoms with van der Waals surface area (Å²) in [6, 6.07) is 0. The van der Waals surface area contributed by atoms with Crippen molar-refractivity contribution in [1.29, 1.82) is 0 Å². The molecule has 7 heteroatoms. The molecule has 2 unspecified atom stereocenters. The number of hydrogen-bond acceptors (Lipinski definition) is 3. The Morgan fingerprint density at radius 2 is 2.27 bits per heavy atom. The maximum atomic E-state index is 12.8. The van der Waals surface area contributed by atoms with E-state index >= 15 is 0 Å². The molecular weight excluding hydrogens is 263 g/mol. The van der Waals surface area contributed by atoms with Crippen molar-refractivity contribution in [2.45, 2.75) is 24.6 Å². The van der Waals surface area contributed by atoms with E-state index in [-0.39, 0.29) is 36.8 Å². The van der Waals surface area contributed by atoms with Gasteiger partial charge in [-0.05, 0) is 19.4 Å². The molecule has 0 aliphatic carbocycles. The van der Waals surface area contributed by atoms with Crippen LogP contribution in [0.4, 0.5) is 4.39 Å². The van der Waals surface area contributed by atoms with Gasteiger partial charge in [-0.2, -0.15) is 0 Å². The molecule has 0 aromatic heterocycles. The highest BCUT2D eigenvalue weighted by Crippen LogP contribution is 2.21. The molecule has 0 amide bonds. The summed E-state index contributed by atoms with van der Waals surface area (Å²) in [7, 11) is 0. The molecule has 0 radical (unpaired) electrons. The first-order valence-corrected chi connectivity index (χ1v) is 4.76. The average Bonchev–Trinajstić information content (AvgIpc) is 2.61. The Balaban J connectivity index is 0.000000980. The highest BCUT2D eigenvalue weighted by Gasteiger charge is 2.26. The van der Waals surface area contributed by atoms with Gasteiger partial charge in [0.2, 0.25) is 0 Å². The van der Waals surface area contributed by atoms with Gasteiger partial charge in [0, 0.05) is 6.20 Å². The average molecular weight is 277 g/mol. The normalized spacial score (nSPS) is 29.2. The van der Waals surface area contributed by atoms with E-state index in [4.69, 9.17) is 11.6 Å². The number of nitrogens with zero attached hydrogens (tertiary/aromatic N) is 2. The quantitative estimate of drug-likeness (QED) is 0.588. The summed E-state index contributed by atoms with van der Waals surface area (Å²) in [5.74, 6) is -0.342. The number of nitrogens with one attached hydrogen (secondary N) is 1. The SMILES string of the molecule is Cl.Cl.FC1=CN(C2CCCN2)C(Cl)N=C1. The summed E-state index contributed by atoms with van der Waals surface area (Å²) in [5, 5.41) is 3.23. The highest BCUT2D eigenvalue weighted by atomic mass is 35.5. The van der Waals surface area contributed by atoms with Crippen LogP contribution < -0.4 is 5.32 Å². The van der Waals surface area contributed by atoms with Crippen LogP contribution in [-0.2, 0) is 0 Å². The van der Waals surface area contributed by atoms with E-state index < -0.39 is 5.62 Å². The lowest BCUT2D eigenvalue weighted by molar-refractivity contribution is 0.234. The Kier molecular flexibility index (Phi) is 6.52. The predicted molar refractivity (Wildman–Crippen MR) is 64.7 cm³/mol. The van der Waals surface area contributed by atoms with Crippen LogP contribution in [0.2, 0.25) is 0 Å². The van der Waals surface area contributed by atoms with Crippen molar-refractivity contribution in [2.75, 3.05) is 6.54 Å². The molecule has 1 saturated heterocycles. The maximum absolute atomic E-state index is 12.8. The smallest absolute Gasteiger partial charge is 0.198 e. The fraction of sp³-hybridized carbons (Fsp3) is 0.625. The lowest BCUT2D eigenvalue weighted by Crippen LogP contribution is -2.43. The highest BCUT2D eigenvalue weighted by molar-refractivity contribution is 6.20. The van der Waals surface area contributed by atoms with Gasteiger partial charge in [0.1, 0.15) is 0 Å². The van der Waals surface area contributed by atoms with Crippen molar-refractivity contribution >= 4 is 42.6 Å². The molecule has 0 saturated carbocycles. The molecule has 3 nitrogen and oxygen atoms in total. The van der Waals surface area contributed by atoms with Crippen LogP contribution in [0.1, 0.15) is 12.8 Å². The van der Waals surface area contributed by atoms with Gasteiger partial charge in [-0.3, -0.25) is 5.32 Å². The topological polar surface area (TPSA) is 27.6 Å². The standard InChI is InChI=1S/C8H11ClFN3.2ClH/c9-8-12-4-6(10)5-13(8)7-2-1-3-11-7;;/h4-5,7-8,11H,1-3H2;2*1H. The van der Waals surface area contributed by atoms with Crippen LogP contribution in [0.25, 0.3) is 0 Å². The van der Waals surface area contributed by atoms with Crippen molar-refractivity contribution in [2.24, 2.45) is 4.99 Å². The molecule has 2 atom stereocenters. The number of rotatable bonds is 1. The molecule has 0 aromatic rings. The summed E-state index contributed by atoms with van der Waals surface area (Å²) in [5.41, 5.74) is -0.477. The lowest BCUT2D eigenvalue weighted by atomic mass is 10.3. The van der Waals surface area contributed by atoms with Crippen molar-refractivity contribution in [3.63, 3.8) is 0 Å². The third-order valence-corrected chi connectivity index (χ3v) is 2.57. The van der Waals surface area contributed by atoms with E-state index in [0.29, 0.717) is 0 Å². The second-order valence-corrected chi connectivity index (χ2v) is 3.55. The fourth-order valence-electron chi connectivity index (χ4n) is 1.61. The number of hydrogen-bond donors (Lipinski definition) is 1. The summed E-state index contributed by atoms with van der Waals surface area (Å²) in [4.78, 5) is 5.53. The number of allylic oxidation sites excluding steroid dienone is 1. The first kappa shape index (κ1) is 15.0. The third-order valence-electron chi connectivity index (χ3n) is 2.23. The fourth-order valence-corrected chi connectivity index (χ4v) is 1.85. The largest absolute Gasteiger partial charge is 0.325 e. The van der Waals surface area contributed by atoms with Gasteiger partial charge in [-0.15, -0.1) is 24.8 Å². The Hall–Kier alpha value is -0.0300. The van der Waals surface area contributed by atoms with Crippen LogP contribution in [-0.4, -0.2) is 29.4 Å². The first-order valence-electron chi connectivity index (χ1n) is 4.33. The molecule has 0 bridgehead atoms. The van der Waals surface area contributed by atoms with Gasteiger partial charge < -0.3 is 4.90 Å². The minimum Gasteiger partial charge on any atom is -0.325 e. The van der Waals surface area contributed by atoms with Gasteiger partial charge in [-0.25, -0.2) is 9.38 Å². The maximum Gasteiger partial charge on any atom is 0.198 e. The van der Waals surface area contributed by atoms with Gasteiger partial charge in [0.05, 0.1) is 12.4 Å². The van der Waals surface area contributed by atoms with Crippen LogP contribution in [0.5, 0.6) is 0 Å². The molecule has 1 fully saturated rings. The Morgan fingerprint density at radius 3 is 2.87 bits per heavy atom. The van der Waals surface area contributed by atoms with E-state index in [9.17, 15) is 4.39 Å². The van der Waals surface area contributed by atoms with Gasteiger partial charge >= 0.3 is 0 Å². The zero-order chi connectivity index (χ0) is 9.26. The zero-order valence-corrected chi connectivity index (χ0v) is 10.3. The minimum atomic E-state index is -0.477. The van der Waals surface area contributed by atoms with E-state index in [1.165, 1.54) is 6.20 Å². The first-order chi connectivity index (χ1) is 6.27. The molecule has 0 aromatic carbocycles. The minimum absolute atomic E-state index is 0. The van der Waals surface area contributed by atoms with Crippen molar-refractivity contribution in [1.82, 2.24) is 10.2 Å². The monoisotopic (exact) mass is 275 g/mol. The molecular formula is C8H13Cl3FN3. The Morgan fingerprint density at radius 1 is 1.53 bits per heavy atom. The van der Waals surface area contributed by atoms with Crippen molar-refractivity contribution in [3.05, 3.63) is 12.0 Å². The van der Waals surface area contributed by atoms with Gasteiger partial charge in [-0.1, -0.05) is 11.6 Å². The van der Waals surface area contributed by atoms with Crippen molar-refractivity contribution in [3.8, 4) is 0 Å². The van der Waals surface area contributed by atoms with Crippen molar-refractivity contribution < 1.29 is 4.39 Å². The Bertz CT molecular complexity index is 254. The van der Waals surface area contributed by atoms with Crippen LogP contribution in [0, 0.1) is 0 Å². The lowest BCUT2D eigenvalue weighted by Gasteiger charge is -2.31. The van der Waals surface area contributed by atoms with Crippen LogP contribution in [0.15, 0.2) is 17.0 Å². The summed E-state index contributed by atoms with van der Waals surface area (Å²) < 4.78 is 12.8. The van der Waals surface area contributed by atoms with Crippen LogP contribution in [0.3, 0.4) is 0 Å². The van der Waals surface area contributed by atoms with E-state index in [2.05, 4.69) is 10.3 Å². The zero-order valence-electron chi connectivity index (χ0n) is 7.90. The summed E-state index contributed by atoms with van der Waals surface area (Å²) in [6.07, 6.45) is 4.79. The van der Waals surface area contributed by atoms with E-state index in [1.807, 2.05) is 0 Å². The number of alkyl halides is 1. The van der Waals surface area contributed by atoms with Gasteiger partial charge in [0.15, 0.2) is 11.5 Å². The molecule has 1 N–H and O–H groups in total.